The van der Waals surface area contributed by atoms with Crippen molar-refractivity contribution in [3.63, 3.8) is 0 Å². The Hall–Kier alpha value is -1.41. The number of benzene rings is 1. The highest BCUT2D eigenvalue weighted by molar-refractivity contribution is 9.10. The van der Waals surface area contributed by atoms with Crippen LogP contribution in [0.25, 0.3) is 0 Å². The van der Waals surface area contributed by atoms with Gasteiger partial charge in [0.05, 0.1) is 12.7 Å². The Morgan fingerprint density at radius 1 is 1.50 bits per heavy atom. The van der Waals surface area contributed by atoms with Crippen LogP contribution in [0.3, 0.4) is 0 Å². The van der Waals surface area contributed by atoms with E-state index in [1.54, 1.807) is 0 Å². The summed E-state index contributed by atoms with van der Waals surface area (Å²) in [5.74, 6) is -0.703. The quantitative estimate of drug-likeness (QED) is 0.908. The van der Waals surface area contributed by atoms with E-state index in [9.17, 15) is 13.2 Å². The number of nitrogens with two attached hydrogens (primary N) is 1. The summed E-state index contributed by atoms with van der Waals surface area (Å²) in [6.07, 6.45) is 0. The van der Waals surface area contributed by atoms with Crippen LogP contribution in [-0.4, -0.2) is 21.4 Å². The van der Waals surface area contributed by atoms with Gasteiger partial charge in [0, 0.05) is 4.47 Å². The second-order valence-corrected chi connectivity index (χ2v) is 4.21. The standard InChI is InChI=1S/C8H7BrN2O4S/c1-15-7-5(8(10)12)2-4(9)3-6(7)11-16(13)14/h2-3H,1H3,(H2,10,12). The predicted octanol–water partition coefficient (Wildman–Crippen LogP) is 1.25. The second kappa shape index (κ2) is 5.08. The number of methoxy groups -OCH3 is 1. The topological polar surface area (TPSA) is 98.8 Å². The normalized spacial score (nSPS) is 9.62. The molecular formula is C8H7BrN2O4S. The molecule has 2 N–H and O–H groups in total. The van der Waals surface area contributed by atoms with Crippen LogP contribution in [-0.2, 0) is 10.5 Å². The lowest BCUT2D eigenvalue weighted by Gasteiger charge is -2.08. The lowest BCUT2D eigenvalue weighted by atomic mass is 10.1. The van der Waals surface area contributed by atoms with Crippen molar-refractivity contribution in [1.82, 2.24) is 0 Å². The van der Waals surface area contributed by atoms with E-state index in [2.05, 4.69) is 20.3 Å². The molecule has 0 aliphatic heterocycles. The number of hydrogen-bond acceptors (Lipinski definition) is 5. The van der Waals surface area contributed by atoms with E-state index in [4.69, 9.17) is 10.5 Å². The van der Waals surface area contributed by atoms with Crippen LogP contribution in [0.1, 0.15) is 10.4 Å². The van der Waals surface area contributed by atoms with Gasteiger partial charge in [0.25, 0.3) is 5.91 Å². The molecule has 0 aromatic heterocycles. The lowest BCUT2D eigenvalue weighted by Crippen LogP contribution is -2.12. The van der Waals surface area contributed by atoms with Gasteiger partial charge < -0.3 is 10.5 Å². The number of rotatable bonds is 3. The highest BCUT2D eigenvalue weighted by Gasteiger charge is 2.15. The first-order chi connectivity index (χ1) is 7.45. The van der Waals surface area contributed by atoms with E-state index in [0.29, 0.717) is 4.47 Å². The van der Waals surface area contributed by atoms with Crippen molar-refractivity contribution < 1.29 is 17.9 Å². The number of nitrogens with zero attached hydrogens (tertiary/aromatic N) is 1. The van der Waals surface area contributed by atoms with Crippen LogP contribution in [0.2, 0.25) is 0 Å². The van der Waals surface area contributed by atoms with Crippen molar-refractivity contribution in [2.24, 2.45) is 10.1 Å². The molecule has 0 aliphatic carbocycles. The molecule has 0 aliphatic rings. The molecule has 6 nitrogen and oxygen atoms in total. The minimum atomic E-state index is -2.64. The molecule has 1 amide bonds. The molecule has 8 heteroatoms. The van der Waals surface area contributed by atoms with Crippen LogP contribution < -0.4 is 10.5 Å². The first-order valence-corrected chi connectivity index (χ1v) is 5.76. The summed E-state index contributed by atoms with van der Waals surface area (Å²) in [6.45, 7) is 0. The number of carbonyl (C=O) groups excluding carboxylic acids is 1. The van der Waals surface area contributed by atoms with E-state index in [1.165, 1.54) is 19.2 Å². The van der Waals surface area contributed by atoms with Crippen LogP contribution in [0.15, 0.2) is 21.0 Å². The zero-order valence-electron chi connectivity index (χ0n) is 8.10. The van der Waals surface area contributed by atoms with Gasteiger partial charge in [-0.25, -0.2) is 0 Å². The average molecular weight is 307 g/mol. The largest absolute Gasteiger partial charge is 0.494 e. The molecule has 0 unspecified atom stereocenters. The molecule has 0 saturated carbocycles. The van der Waals surface area contributed by atoms with Gasteiger partial charge >= 0.3 is 10.5 Å². The number of halogens is 1. The number of amides is 1. The Labute approximate surface area is 101 Å². The summed E-state index contributed by atoms with van der Waals surface area (Å²) in [4.78, 5) is 11.1. The fourth-order valence-electron chi connectivity index (χ4n) is 1.12. The summed E-state index contributed by atoms with van der Waals surface area (Å²) in [7, 11) is -1.34. The summed E-state index contributed by atoms with van der Waals surface area (Å²) in [5.41, 5.74) is 5.19. The monoisotopic (exact) mass is 306 g/mol. The Balaban J connectivity index is 3.60. The van der Waals surface area contributed by atoms with E-state index in [0.717, 1.165) is 0 Å². The highest BCUT2D eigenvalue weighted by Crippen LogP contribution is 2.34. The van der Waals surface area contributed by atoms with Crippen molar-refractivity contribution in [2.75, 3.05) is 7.11 Å². The highest BCUT2D eigenvalue weighted by atomic mass is 79.9. The molecule has 0 atom stereocenters. The van der Waals surface area contributed by atoms with E-state index < -0.39 is 16.4 Å². The third-order valence-electron chi connectivity index (χ3n) is 1.68. The summed E-state index contributed by atoms with van der Waals surface area (Å²) >= 11 is 3.11. The predicted molar refractivity (Wildman–Crippen MR) is 60.2 cm³/mol. The van der Waals surface area contributed by atoms with Gasteiger partial charge in [0.15, 0.2) is 5.75 Å². The van der Waals surface area contributed by atoms with Gasteiger partial charge in [0.2, 0.25) is 0 Å². The van der Waals surface area contributed by atoms with Crippen molar-refractivity contribution in [2.45, 2.75) is 0 Å². The fraction of sp³-hybridized carbons (Fsp3) is 0.125. The second-order valence-electron chi connectivity index (χ2n) is 2.68. The van der Waals surface area contributed by atoms with E-state index >= 15 is 0 Å². The van der Waals surface area contributed by atoms with Gasteiger partial charge in [-0.2, -0.15) is 8.42 Å². The molecule has 1 aromatic rings. The van der Waals surface area contributed by atoms with Gasteiger partial charge in [-0.3, -0.25) is 4.79 Å². The van der Waals surface area contributed by atoms with Gasteiger partial charge in [-0.15, -0.1) is 4.36 Å². The van der Waals surface area contributed by atoms with E-state index in [1.807, 2.05) is 0 Å². The number of primary amides is 1. The molecule has 0 bridgehead atoms. The molecule has 86 valence electrons. The van der Waals surface area contributed by atoms with Crippen molar-refractivity contribution in [3.05, 3.63) is 22.2 Å². The lowest BCUT2D eigenvalue weighted by molar-refractivity contribution is 0.0997. The molecule has 16 heavy (non-hydrogen) atoms. The summed E-state index contributed by atoms with van der Waals surface area (Å²) in [6, 6.07) is 2.83. The zero-order chi connectivity index (χ0) is 12.3. The fourth-order valence-corrected chi connectivity index (χ4v) is 1.87. The van der Waals surface area contributed by atoms with Gasteiger partial charge in [-0.05, 0) is 12.1 Å². The van der Waals surface area contributed by atoms with Crippen LogP contribution in [0.4, 0.5) is 5.69 Å². The van der Waals surface area contributed by atoms with Gasteiger partial charge in [-0.1, -0.05) is 15.9 Å². The average Bonchev–Trinajstić information content (AvgIpc) is 2.15. The third kappa shape index (κ3) is 2.80. The Bertz CT molecular complexity index is 560. The van der Waals surface area contributed by atoms with Crippen molar-refractivity contribution >= 4 is 38.0 Å². The molecular weight excluding hydrogens is 300 g/mol. The third-order valence-corrected chi connectivity index (χ3v) is 2.48. The van der Waals surface area contributed by atoms with Crippen LogP contribution >= 0.6 is 15.9 Å². The van der Waals surface area contributed by atoms with Crippen molar-refractivity contribution in [1.29, 1.82) is 0 Å². The molecule has 1 aromatic carbocycles. The van der Waals surface area contributed by atoms with Gasteiger partial charge in [0.1, 0.15) is 5.69 Å². The molecule has 0 spiro atoms. The smallest absolute Gasteiger partial charge is 0.316 e. The first kappa shape index (κ1) is 12.7. The Morgan fingerprint density at radius 3 is 2.56 bits per heavy atom. The summed E-state index contributed by atoms with van der Waals surface area (Å²) in [5, 5.41) is 0. The van der Waals surface area contributed by atoms with Crippen molar-refractivity contribution in [3.8, 4) is 5.75 Å². The molecule has 1 rings (SSSR count). The first-order valence-electron chi connectivity index (χ1n) is 3.94. The molecule has 0 radical (unpaired) electrons. The van der Waals surface area contributed by atoms with Crippen LogP contribution in [0.5, 0.6) is 5.75 Å². The van der Waals surface area contributed by atoms with Crippen LogP contribution in [0, 0.1) is 0 Å². The SMILES string of the molecule is COc1c(N=S(=O)=O)cc(Br)cc1C(N)=O. The maximum Gasteiger partial charge on any atom is 0.316 e. The Morgan fingerprint density at radius 2 is 2.12 bits per heavy atom. The maximum atomic E-state index is 11.1. The number of hydrogen-bond donors (Lipinski definition) is 1. The zero-order valence-corrected chi connectivity index (χ0v) is 10.5. The number of carbonyl (C=O) groups is 1. The minimum Gasteiger partial charge on any atom is -0.494 e. The number of ether oxygens (including phenoxy) is 1. The molecule has 0 heterocycles. The minimum absolute atomic E-state index is 0.0130. The molecule has 0 saturated heterocycles. The molecule has 0 fully saturated rings. The van der Waals surface area contributed by atoms with E-state index in [-0.39, 0.29) is 17.0 Å². The summed E-state index contributed by atoms with van der Waals surface area (Å²) < 4.78 is 29.6. The maximum absolute atomic E-state index is 11.1. The Kier molecular flexibility index (Phi) is 4.02.